The van der Waals surface area contributed by atoms with Crippen LogP contribution in [0.4, 0.5) is 17.6 Å². The zero-order chi connectivity index (χ0) is 13.0. The third-order valence-electron chi connectivity index (χ3n) is 2.82. The maximum atomic E-state index is 13.4. The van der Waals surface area contributed by atoms with Crippen LogP contribution in [0.15, 0.2) is 12.1 Å². The van der Waals surface area contributed by atoms with Gasteiger partial charge in [-0.05, 0) is 12.1 Å². The summed E-state index contributed by atoms with van der Waals surface area (Å²) in [4.78, 5) is 10.8. The average molecular weight is 269 g/mol. The van der Waals surface area contributed by atoms with Crippen LogP contribution in [0.1, 0.15) is 12.0 Å². The van der Waals surface area contributed by atoms with E-state index < -0.39 is 45.9 Å². The van der Waals surface area contributed by atoms with Crippen molar-refractivity contribution >= 4 is 17.6 Å². The number of hydrogen-bond donors (Lipinski definition) is 1. The van der Waals surface area contributed by atoms with Gasteiger partial charge in [-0.25, -0.2) is 17.6 Å². The van der Waals surface area contributed by atoms with Crippen LogP contribution >= 0.6 is 11.6 Å². The first-order valence-corrected chi connectivity index (χ1v) is 4.86. The highest BCUT2D eigenvalue weighted by Crippen LogP contribution is 2.62. The fourth-order valence-electron chi connectivity index (χ4n) is 1.78. The molecule has 1 aliphatic carbocycles. The summed E-state index contributed by atoms with van der Waals surface area (Å²) < 4.78 is 52.7. The van der Waals surface area contributed by atoms with E-state index in [1.165, 1.54) is 0 Å². The molecule has 1 atom stereocenters. The molecule has 1 N–H and O–H groups in total. The van der Waals surface area contributed by atoms with Crippen LogP contribution in [0.2, 0.25) is 5.02 Å². The van der Waals surface area contributed by atoms with Crippen LogP contribution < -0.4 is 0 Å². The van der Waals surface area contributed by atoms with Gasteiger partial charge >= 0.3 is 5.97 Å². The van der Waals surface area contributed by atoms with Crippen LogP contribution in [0.25, 0.3) is 0 Å². The molecular weight excluding hydrogens is 264 g/mol. The molecule has 0 saturated heterocycles. The van der Waals surface area contributed by atoms with Crippen LogP contribution in [0.5, 0.6) is 0 Å². The summed E-state index contributed by atoms with van der Waals surface area (Å²) >= 11 is 5.26. The summed E-state index contributed by atoms with van der Waals surface area (Å²) in [5, 5.41) is 8.19. The van der Waals surface area contributed by atoms with Crippen LogP contribution in [-0.4, -0.2) is 17.0 Å². The van der Waals surface area contributed by atoms with Gasteiger partial charge in [-0.15, -0.1) is 0 Å². The third-order valence-corrected chi connectivity index (χ3v) is 3.11. The lowest BCUT2D eigenvalue weighted by molar-refractivity contribution is -0.143. The van der Waals surface area contributed by atoms with Gasteiger partial charge in [-0.3, -0.25) is 4.79 Å². The van der Waals surface area contributed by atoms with E-state index >= 15 is 0 Å². The van der Waals surface area contributed by atoms with Crippen molar-refractivity contribution in [2.45, 2.75) is 17.8 Å². The second kappa shape index (κ2) is 3.35. The molecule has 1 saturated carbocycles. The van der Waals surface area contributed by atoms with Crippen molar-refractivity contribution in [1.29, 1.82) is 0 Å². The zero-order valence-electron chi connectivity index (χ0n) is 8.11. The standard InChI is InChI=1S/C10H5ClF4O2/c11-5-2-6(12)4(1-7(5)13)9(8(16)17)3-10(9,14)15/h1-2H,3H2,(H,16,17). The molecule has 0 aromatic heterocycles. The van der Waals surface area contributed by atoms with E-state index in [2.05, 4.69) is 0 Å². The quantitative estimate of drug-likeness (QED) is 0.661. The molecule has 2 rings (SSSR count). The molecule has 7 heteroatoms. The molecule has 1 unspecified atom stereocenters. The molecule has 0 heterocycles. The maximum absolute atomic E-state index is 13.4. The summed E-state index contributed by atoms with van der Waals surface area (Å²) in [6.07, 6.45) is -1.05. The minimum Gasteiger partial charge on any atom is -0.480 e. The lowest BCUT2D eigenvalue weighted by Crippen LogP contribution is -2.28. The Kier molecular flexibility index (Phi) is 2.40. The second-order valence-corrected chi connectivity index (χ2v) is 4.25. The maximum Gasteiger partial charge on any atom is 0.320 e. The number of benzene rings is 1. The van der Waals surface area contributed by atoms with Gasteiger partial charge in [0, 0.05) is 12.0 Å². The largest absolute Gasteiger partial charge is 0.480 e. The molecule has 17 heavy (non-hydrogen) atoms. The zero-order valence-corrected chi connectivity index (χ0v) is 8.86. The average Bonchev–Trinajstić information content (AvgIpc) is 2.77. The van der Waals surface area contributed by atoms with E-state index in [1.54, 1.807) is 0 Å². The number of hydrogen-bond acceptors (Lipinski definition) is 1. The Morgan fingerprint density at radius 2 is 1.82 bits per heavy atom. The summed E-state index contributed by atoms with van der Waals surface area (Å²) in [5.74, 6) is -7.86. The Hall–Kier alpha value is -1.30. The summed E-state index contributed by atoms with van der Waals surface area (Å²) in [6.45, 7) is 0. The third kappa shape index (κ3) is 1.50. The highest BCUT2D eigenvalue weighted by molar-refractivity contribution is 6.30. The molecular formula is C10H5ClF4O2. The number of halogens is 5. The first-order valence-electron chi connectivity index (χ1n) is 4.48. The number of carboxylic acid groups (broad SMARTS) is 1. The van der Waals surface area contributed by atoms with Crippen LogP contribution in [-0.2, 0) is 10.2 Å². The van der Waals surface area contributed by atoms with Crippen molar-refractivity contribution < 1.29 is 27.5 Å². The van der Waals surface area contributed by atoms with Gasteiger partial charge in [0.1, 0.15) is 11.6 Å². The van der Waals surface area contributed by atoms with Gasteiger partial charge in [0.05, 0.1) is 5.02 Å². The van der Waals surface area contributed by atoms with Crippen molar-refractivity contribution in [1.82, 2.24) is 0 Å². The Labute approximate surface area is 97.8 Å². The highest BCUT2D eigenvalue weighted by atomic mass is 35.5. The number of alkyl halides is 2. The predicted molar refractivity (Wildman–Crippen MR) is 50.2 cm³/mol. The van der Waals surface area contributed by atoms with E-state index in [0.29, 0.717) is 12.1 Å². The van der Waals surface area contributed by atoms with Crippen molar-refractivity contribution in [3.05, 3.63) is 34.4 Å². The Morgan fingerprint density at radius 3 is 2.24 bits per heavy atom. The lowest BCUT2D eigenvalue weighted by atomic mass is 9.94. The molecule has 1 aliphatic rings. The van der Waals surface area contributed by atoms with E-state index in [1.807, 2.05) is 0 Å². The second-order valence-electron chi connectivity index (χ2n) is 3.84. The minimum atomic E-state index is -3.58. The van der Waals surface area contributed by atoms with Gasteiger partial charge in [0.25, 0.3) is 5.92 Å². The molecule has 1 fully saturated rings. The molecule has 2 nitrogen and oxygen atoms in total. The molecule has 1 aromatic rings. The summed E-state index contributed by atoms with van der Waals surface area (Å²) in [5.41, 5.74) is -3.56. The number of rotatable bonds is 2. The highest BCUT2D eigenvalue weighted by Gasteiger charge is 2.78. The Balaban J connectivity index is 2.62. The van der Waals surface area contributed by atoms with Gasteiger partial charge in [0.2, 0.25) is 0 Å². The molecule has 0 bridgehead atoms. The summed E-state index contributed by atoms with van der Waals surface area (Å²) in [7, 11) is 0. The lowest BCUT2D eigenvalue weighted by Gasteiger charge is -2.13. The van der Waals surface area contributed by atoms with Gasteiger partial charge < -0.3 is 5.11 Å². The van der Waals surface area contributed by atoms with Gasteiger partial charge in [-0.2, -0.15) is 0 Å². The summed E-state index contributed by atoms with van der Waals surface area (Å²) in [6, 6.07) is 0.901. The first-order chi connectivity index (χ1) is 7.72. The van der Waals surface area contributed by atoms with Gasteiger partial charge in [0.15, 0.2) is 5.41 Å². The molecule has 1 aromatic carbocycles. The van der Waals surface area contributed by atoms with Crippen LogP contribution in [0, 0.1) is 11.6 Å². The fraction of sp³-hybridized carbons (Fsp3) is 0.300. The monoisotopic (exact) mass is 268 g/mol. The Morgan fingerprint density at radius 1 is 1.29 bits per heavy atom. The first kappa shape index (κ1) is 12.2. The van der Waals surface area contributed by atoms with E-state index in [0.717, 1.165) is 0 Å². The number of carboxylic acids is 1. The van der Waals surface area contributed by atoms with Crippen LogP contribution in [0.3, 0.4) is 0 Å². The number of carbonyl (C=O) groups is 1. The topological polar surface area (TPSA) is 37.3 Å². The molecule has 0 spiro atoms. The SMILES string of the molecule is O=C(O)C1(c2cc(F)c(Cl)cc2F)CC1(F)F. The minimum absolute atomic E-state index is 0.409. The van der Waals surface area contributed by atoms with Gasteiger partial charge in [-0.1, -0.05) is 11.6 Å². The van der Waals surface area contributed by atoms with E-state index in [4.69, 9.17) is 16.7 Å². The molecule has 0 aliphatic heterocycles. The molecule has 92 valence electrons. The normalized spacial score (nSPS) is 25.7. The molecule has 0 amide bonds. The van der Waals surface area contributed by atoms with Crippen molar-refractivity contribution in [2.24, 2.45) is 0 Å². The Bertz CT molecular complexity index is 517. The molecule has 0 radical (unpaired) electrons. The number of aliphatic carboxylic acids is 1. The van der Waals surface area contributed by atoms with Crippen molar-refractivity contribution in [3.8, 4) is 0 Å². The van der Waals surface area contributed by atoms with E-state index in [-0.39, 0.29) is 0 Å². The fourth-order valence-corrected chi connectivity index (χ4v) is 1.93. The predicted octanol–water partition coefficient (Wildman–Crippen LogP) is 2.98. The van der Waals surface area contributed by atoms with E-state index in [9.17, 15) is 22.4 Å². The smallest absolute Gasteiger partial charge is 0.320 e. The van der Waals surface area contributed by atoms with Crippen molar-refractivity contribution in [2.75, 3.05) is 0 Å². The van der Waals surface area contributed by atoms with Crippen molar-refractivity contribution in [3.63, 3.8) is 0 Å².